The molecule has 2 N–H and O–H groups in total. The average Bonchev–Trinajstić information content (AvgIpc) is 3.38. The molecular weight excluding hydrogens is 512 g/mol. The number of hydrogen-bond donors (Lipinski definition) is 1. The lowest BCUT2D eigenvalue weighted by Crippen LogP contribution is -2.30. The Kier molecular flexibility index (Phi) is 7.08. The molecule has 9 nitrogen and oxygen atoms in total. The van der Waals surface area contributed by atoms with Crippen molar-refractivity contribution in [3.05, 3.63) is 64.5 Å². The normalized spacial score (nSPS) is 11.3. The van der Waals surface area contributed by atoms with Crippen LogP contribution in [-0.2, 0) is 12.6 Å². The van der Waals surface area contributed by atoms with Crippen LogP contribution < -0.4 is 10.5 Å². The monoisotopic (exact) mass is 528 g/mol. The first-order chi connectivity index (χ1) is 16.0. The van der Waals surface area contributed by atoms with Gasteiger partial charge < -0.3 is 19.6 Å². The average molecular weight is 529 g/mol. The molecule has 4 rings (SSSR count). The first-order valence-corrected chi connectivity index (χ1v) is 10.0. The minimum atomic E-state index is -1.36. The van der Waals surface area contributed by atoms with E-state index in [1.165, 1.54) is 24.5 Å². The third-order valence-corrected chi connectivity index (χ3v) is 5.15. The Hall–Kier alpha value is -3.64. The molecule has 0 fully saturated rings. The number of carbonyl (C=O) groups excluding carboxylic acids is 1. The fourth-order valence-electron chi connectivity index (χ4n) is 3.29. The summed E-state index contributed by atoms with van der Waals surface area (Å²) in [6.07, 6.45) is 0. The third kappa shape index (κ3) is 4.93. The van der Waals surface area contributed by atoms with Crippen LogP contribution in [0.4, 0.5) is 13.2 Å². The van der Waals surface area contributed by atoms with Crippen molar-refractivity contribution in [1.82, 2.24) is 24.9 Å². The zero-order valence-electron chi connectivity index (χ0n) is 18.3. The van der Waals surface area contributed by atoms with E-state index >= 15 is 0 Å². The Balaban J connectivity index is 0.00000342. The summed E-state index contributed by atoms with van der Waals surface area (Å²) < 4.78 is 53.5. The molecule has 0 aliphatic rings. The lowest BCUT2D eigenvalue weighted by Gasteiger charge is -2.26. The summed E-state index contributed by atoms with van der Waals surface area (Å²) in [7, 11) is 1.62. The molecule has 0 spiro atoms. The molecule has 2 aromatic heterocycles. The van der Waals surface area contributed by atoms with E-state index in [9.17, 15) is 18.0 Å². The lowest BCUT2D eigenvalue weighted by molar-refractivity contribution is 0.0833. The summed E-state index contributed by atoms with van der Waals surface area (Å²) in [5.74, 6) is -4.71. The summed E-state index contributed by atoms with van der Waals surface area (Å²) in [4.78, 5) is 15.1. The van der Waals surface area contributed by atoms with E-state index in [0.717, 1.165) is 0 Å². The van der Waals surface area contributed by atoms with E-state index < -0.39 is 34.7 Å². The standard InChI is InChI=1S/C21H16ClF3N6O3.ClH/c1-21(2,33-15-13(24)7-10(23)8-14(15)25)20-29-28-18(31(20)3)11-5-4-9(6-12(11)22)19-27-17(16(26)32)30-34-19;/h4-8H,1-3H3,(H2,26,32);1H. The summed E-state index contributed by atoms with van der Waals surface area (Å²) >= 11 is 6.44. The van der Waals surface area contributed by atoms with Gasteiger partial charge in [0.05, 0.1) is 5.02 Å². The van der Waals surface area contributed by atoms with Crippen molar-refractivity contribution < 1.29 is 27.2 Å². The van der Waals surface area contributed by atoms with Crippen LogP contribution in [0.3, 0.4) is 0 Å². The Morgan fingerprint density at radius 1 is 1.14 bits per heavy atom. The van der Waals surface area contributed by atoms with Gasteiger partial charge in [0.25, 0.3) is 17.6 Å². The number of aromatic nitrogens is 5. The largest absolute Gasteiger partial charge is 0.474 e. The molecule has 0 unspecified atom stereocenters. The van der Waals surface area contributed by atoms with Gasteiger partial charge >= 0.3 is 0 Å². The summed E-state index contributed by atoms with van der Waals surface area (Å²) in [6, 6.07) is 5.79. The number of halogens is 5. The molecule has 0 aliphatic heterocycles. The second kappa shape index (κ2) is 9.55. The number of benzene rings is 2. The van der Waals surface area contributed by atoms with Gasteiger partial charge in [0.15, 0.2) is 34.6 Å². The molecule has 184 valence electrons. The smallest absolute Gasteiger partial charge is 0.290 e. The number of ether oxygens (including phenoxy) is 1. The van der Waals surface area contributed by atoms with Gasteiger partial charge in [-0.05, 0) is 32.0 Å². The van der Waals surface area contributed by atoms with Crippen LogP contribution in [0.25, 0.3) is 22.8 Å². The predicted molar refractivity (Wildman–Crippen MR) is 120 cm³/mol. The minimum absolute atomic E-state index is 0. The first kappa shape index (κ1) is 26.0. The number of primary amides is 1. The maximum atomic E-state index is 14.1. The number of carbonyl (C=O) groups is 1. The van der Waals surface area contributed by atoms with Gasteiger partial charge in [-0.1, -0.05) is 16.8 Å². The van der Waals surface area contributed by atoms with Gasteiger partial charge in [-0.3, -0.25) is 4.79 Å². The fourth-order valence-corrected chi connectivity index (χ4v) is 3.55. The molecule has 0 bridgehead atoms. The van der Waals surface area contributed by atoms with Crippen molar-refractivity contribution in [2.75, 3.05) is 0 Å². The molecular formula is C21H17Cl2F3N6O3. The first-order valence-electron chi connectivity index (χ1n) is 9.65. The van der Waals surface area contributed by atoms with E-state index in [1.807, 2.05) is 0 Å². The molecule has 0 saturated heterocycles. The minimum Gasteiger partial charge on any atom is -0.474 e. The van der Waals surface area contributed by atoms with E-state index in [0.29, 0.717) is 29.1 Å². The van der Waals surface area contributed by atoms with Crippen LogP contribution in [0.15, 0.2) is 34.9 Å². The molecule has 0 aliphatic carbocycles. The van der Waals surface area contributed by atoms with Crippen LogP contribution in [0.5, 0.6) is 5.75 Å². The Morgan fingerprint density at radius 3 is 2.37 bits per heavy atom. The highest BCUT2D eigenvalue weighted by atomic mass is 35.5. The van der Waals surface area contributed by atoms with Crippen molar-refractivity contribution in [3.63, 3.8) is 0 Å². The quantitative estimate of drug-likeness (QED) is 0.392. The second-order valence-corrected chi connectivity index (χ2v) is 8.11. The van der Waals surface area contributed by atoms with Crippen LogP contribution in [0.1, 0.15) is 30.3 Å². The molecule has 0 radical (unpaired) electrons. The van der Waals surface area contributed by atoms with Gasteiger partial charge in [-0.25, -0.2) is 13.2 Å². The SMILES string of the molecule is Cl.Cn1c(-c2ccc(-c3nc(C(N)=O)no3)cc2Cl)nnc1C(C)(C)Oc1c(F)cc(F)cc1F. The van der Waals surface area contributed by atoms with Crippen LogP contribution in [0, 0.1) is 17.5 Å². The van der Waals surface area contributed by atoms with E-state index in [2.05, 4.69) is 20.3 Å². The van der Waals surface area contributed by atoms with E-state index in [4.69, 9.17) is 26.6 Å². The number of hydrogen-bond acceptors (Lipinski definition) is 7. The zero-order chi connectivity index (χ0) is 24.8. The van der Waals surface area contributed by atoms with Gasteiger partial charge in [0, 0.05) is 30.3 Å². The summed E-state index contributed by atoms with van der Waals surface area (Å²) in [6.45, 7) is 3.05. The molecule has 2 heterocycles. The van der Waals surface area contributed by atoms with Crippen molar-refractivity contribution in [3.8, 4) is 28.6 Å². The maximum absolute atomic E-state index is 14.1. The van der Waals surface area contributed by atoms with Crippen LogP contribution in [0.2, 0.25) is 5.02 Å². The Bertz CT molecular complexity index is 1400. The van der Waals surface area contributed by atoms with Crippen LogP contribution in [-0.4, -0.2) is 30.8 Å². The predicted octanol–water partition coefficient (Wildman–Crippen LogP) is 4.44. The van der Waals surface area contributed by atoms with Gasteiger partial charge in [0.1, 0.15) is 5.82 Å². The molecule has 14 heteroatoms. The molecule has 2 aromatic carbocycles. The topological polar surface area (TPSA) is 122 Å². The maximum Gasteiger partial charge on any atom is 0.290 e. The highest BCUT2D eigenvalue weighted by Crippen LogP contribution is 2.35. The van der Waals surface area contributed by atoms with E-state index in [-0.39, 0.29) is 35.0 Å². The molecule has 0 saturated carbocycles. The molecule has 4 aromatic rings. The van der Waals surface area contributed by atoms with Gasteiger partial charge in [-0.15, -0.1) is 22.6 Å². The van der Waals surface area contributed by atoms with Gasteiger partial charge in [-0.2, -0.15) is 4.98 Å². The van der Waals surface area contributed by atoms with Crippen molar-refractivity contribution in [2.45, 2.75) is 19.4 Å². The Labute approximate surface area is 207 Å². The molecule has 35 heavy (non-hydrogen) atoms. The fraction of sp³-hybridized carbons (Fsp3) is 0.190. The number of rotatable bonds is 6. The van der Waals surface area contributed by atoms with Crippen molar-refractivity contribution >= 4 is 29.9 Å². The molecule has 1 amide bonds. The van der Waals surface area contributed by atoms with E-state index in [1.54, 1.807) is 19.2 Å². The number of nitrogens with zero attached hydrogens (tertiary/aromatic N) is 5. The Morgan fingerprint density at radius 2 is 1.80 bits per heavy atom. The number of amides is 1. The second-order valence-electron chi connectivity index (χ2n) is 7.70. The van der Waals surface area contributed by atoms with Gasteiger partial charge in [0.2, 0.25) is 0 Å². The molecule has 0 atom stereocenters. The van der Waals surface area contributed by atoms with Crippen LogP contribution >= 0.6 is 24.0 Å². The van der Waals surface area contributed by atoms with Crippen molar-refractivity contribution in [2.24, 2.45) is 12.8 Å². The van der Waals surface area contributed by atoms with Crippen molar-refractivity contribution in [1.29, 1.82) is 0 Å². The lowest BCUT2D eigenvalue weighted by atomic mass is 10.1. The zero-order valence-corrected chi connectivity index (χ0v) is 19.9. The highest BCUT2D eigenvalue weighted by Gasteiger charge is 2.32. The number of nitrogens with two attached hydrogens (primary N) is 1. The third-order valence-electron chi connectivity index (χ3n) is 4.84. The summed E-state index contributed by atoms with van der Waals surface area (Å²) in [5.41, 5.74) is 4.67. The highest BCUT2D eigenvalue weighted by molar-refractivity contribution is 6.33. The summed E-state index contributed by atoms with van der Waals surface area (Å²) in [5, 5.41) is 12.0.